The molecule has 1 saturated carbocycles. The average Bonchev–Trinajstić information content (AvgIpc) is 3.08. The van der Waals surface area contributed by atoms with Gasteiger partial charge in [-0.1, -0.05) is 55.7 Å². The first-order valence-electron chi connectivity index (χ1n) is 12.3. The zero-order valence-corrected chi connectivity index (χ0v) is 19.3. The topological polar surface area (TPSA) is 56.7 Å². The second-order valence-electron chi connectivity index (χ2n) is 9.73. The van der Waals surface area contributed by atoms with Crippen LogP contribution in [-0.4, -0.2) is 36.0 Å². The fourth-order valence-corrected chi connectivity index (χ4v) is 6.07. The van der Waals surface area contributed by atoms with E-state index in [2.05, 4.69) is 41.8 Å². The van der Waals surface area contributed by atoms with Crippen molar-refractivity contribution in [1.29, 1.82) is 0 Å². The van der Waals surface area contributed by atoms with E-state index in [4.69, 9.17) is 4.99 Å². The summed E-state index contributed by atoms with van der Waals surface area (Å²) in [5.41, 5.74) is 1.18. The molecule has 1 aliphatic carbocycles. The summed E-state index contributed by atoms with van der Waals surface area (Å²) in [5, 5.41) is 6.78. The molecular formula is C27H33FN4O. The molecular weight excluding hydrogens is 415 g/mol. The second kappa shape index (κ2) is 9.26. The highest BCUT2D eigenvalue weighted by Gasteiger charge is 2.58. The number of nitrogens with one attached hydrogen (secondary N) is 2. The molecule has 0 aromatic heterocycles. The smallest absolute Gasteiger partial charge is 0.314 e. The highest BCUT2D eigenvalue weighted by Crippen LogP contribution is 2.43. The van der Waals surface area contributed by atoms with E-state index >= 15 is 0 Å². The fourth-order valence-electron chi connectivity index (χ4n) is 6.07. The first-order chi connectivity index (χ1) is 16.1. The van der Waals surface area contributed by atoms with Crippen LogP contribution in [0.5, 0.6) is 0 Å². The van der Waals surface area contributed by atoms with Crippen molar-refractivity contribution in [2.45, 2.75) is 69.5 Å². The molecule has 3 atom stereocenters. The quantitative estimate of drug-likeness (QED) is 0.686. The predicted molar refractivity (Wildman–Crippen MR) is 130 cm³/mol. The van der Waals surface area contributed by atoms with Gasteiger partial charge in [-0.3, -0.25) is 15.2 Å². The van der Waals surface area contributed by atoms with Crippen LogP contribution in [0.1, 0.15) is 51.0 Å². The van der Waals surface area contributed by atoms with Crippen molar-refractivity contribution in [3.8, 4) is 0 Å². The van der Waals surface area contributed by atoms with E-state index in [1.165, 1.54) is 37.0 Å². The molecule has 5 nitrogen and oxygen atoms in total. The number of hydrogen-bond acceptors (Lipinski definition) is 3. The standard InChI is InChI=1S/C27H33FN4O/c1-19-24(17-20-9-4-2-5-10-20)27(15-16-29-19)25(30-22-12-6-3-7-13-22)31-26(33)32(27)23-14-8-11-21(28)18-23/h2,4-5,8-11,14,18-19,22,24,29H,3,6-7,12-13,15-17H2,1H3,(H,30,31,33)/t19-,24?,27+/m0/s1. The molecule has 3 aliphatic rings. The van der Waals surface area contributed by atoms with Crippen LogP contribution in [0.15, 0.2) is 59.6 Å². The van der Waals surface area contributed by atoms with Gasteiger partial charge < -0.3 is 5.32 Å². The van der Waals surface area contributed by atoms with Crippen LogP contribution >= 0.6 is 0 Å². The van der Waals surface area contributed by atoms with Crippen molar-refractivity contribution in [2.24, 2.45) is 10.9 Å². The van der Waals surface area contributed by atoms with Gasteiger partial charge in [0.2, 0.25) is 0 Å². The first-order valence-corrected chi connectivity index (χ1v) is 12.3. The molecule has 2 heterocycles. The van der Waals surface area contributed by atoms with Crippen LogP contribution in [0.4, 0.5) is 14.9 Å². The third-order valence-corrected chi connectivity index (χ3v) is 7.68. The highest BCUT2D eigenvalue weighted by molar-refractivity contribution is 6.19. The lowest BCUT2D eigenvalue weighted by molar-refractivity contribution is 0.206. The number of hydrogen-bond donors (Lipinski definition) is 2. The van der Waals surface area contributed by atoms with Gasteiger partial charge >= 0.3 is 6.03 Å². The molecule has 2 saturated heterocycles. The monoisotopic (exact) mass is 448 g/mol. The lowest BCUT2D eigenvalue weighted by Crippen LogP contribution is -2.65. The van der Waals surface area contributed by atoms with Gasteiger partial charge in [0.1, 0.15) is 17.2 Å². The van der Waals surface area contributed by atoms with Crippen LogP contribution in [0.3, 0.4) is 0 Å². The molecule has 1 unspecified atom stereocenters. The predicted octanol–water partition coefficient (Wildman–Crippen LogP) is 5.07. The highest BCUT2D eigenvalue weighted by atomic mass is 19.1. The van der Waals surface area contributed by atoms with Gasteiger partial charge in [-0.2, -0.15) is 0 Å². The Balaban J connectivity index is 1.64. The van der Waals surface area contributed by atoms with Crippen molar-refractivity contribution in [3.63, 3.8) is 0 Å². The third kappa shape index (κ3) is 4.17. The van der Waals surface area contributed by atoms with Crippen molar-refractivity contribution in [1.82, 2.24) is 10.6 Å². The molecule has 2 aromatic carbocycles. The maximum atomic E-state index is 14.3. The number of nitrogens with zero attached hydrogens (tertiary/aromatic N) is 2. The van der Waals surface area contributed by atoms with Crippen molar-refractivity contribution >= 4 is 17.6 Å². The lowest BCUT2D eigenvalue weighted by Gasteiger charge is -2.49. The van der Waals surface area contributed by atoms with E-state index in [-0.39, 0.29) is 29.8 Å². The van der Waals surface area contributed by atoms with Crippen LogP contribution in [-0.2, 0) is 6.42 Å². The Morgan fingerprint density at radius 1 is 1.09 bits per heavy atom. The molecule has 2 amide bonds. The maximum absolute atomic E-state index is 14.3. The van der Waals surface area contributed by atoms with Gasteiger partial charge in [-0.05, 0) is 62.9 Å². The minimum Gasteiger partial charge on any atom is -0.314 e. The number of benzene rings is 2. The molecule has 6 heteroatoms. The average molecular weight is 449 g/mol. The molecule has 33 heavy (non-hydrogen) atoms. The van der Waals surface area contributed by atoms with Crippen LogP contribution in [0, 0.1) is 11.7 Å². The van der Waals surface area contributed by atoms with Crippen molar-refractivity contribution < 1.29 is 9.18 Å². The van der Waals surface area contributed by atoms with E-state index < -0.39 is 5.54 Å². The largest absolute Gasteiger partial charge is 0.328 e. The normalized spacial score (nSPS) is 29.6. The second-order valence-corrected chi connectivity index (χ2v) is 9.73. The summed E-state index contributed by atoms with van der Waals surface area (Å²) in [5.74, 6) is 0.519. The van der Waals surface area contributed by atoms with Crippen molar-refractivity contribution in [2.75, 3.05) is 11.4 Å². The van der Waals surface area contributed by atoms with E-state index in [1.54, 1.807) is 6.07 Å². The number of piperidine rings is 1. The van der Waals surface area contributed by atoms with Crippen LogP contribution < -0.4 is 15.5 Å². The molecule has 2 aliphatic heterocycles. The summed E-state index contributed by atoms with van der Waals surface area (Å²) in [4.78, 5) is 20.5. The number of anilines is 1. The Bertz CT molecular complexity index is 1020. The van der Waals surface area contributed by atoms with E-state index in [0.717, 1.165) is 38.1 Å². The Labute approximate surface area is 195 Å². The lowest BCUT2D eigenvalue weighted by atomic mass is 9.70. The number of amidine groups is 1. The summed E-state index contributed by atoms with van der Waals surface area (Å²) in [7, 11) is 0. The number of rotatable bonds is 4. The Kier molecular flexibility index (Phi) is 6.19. The molecule has 5 rings (SSSR count). The Morgan fingerprint density at radius 2 is 1.88 bits per heavy atom. The molecule has 2 N–H and O–H groups in total. The summed E-state index contributed by atoms with van der Waals surface area (Å²) >= 11 is 0. The number of urea groups is 1. The van der Waals surface area contributed by atoms with Gasteiger partial charge in [0, 0.05) is 17.6 Å². The summed E-state index contributed by atoms with van der Waals surface area (Å²) in [6, 6.07) is 17.0. The summed E-state index contributed by atoms with van der Waals surface area (Å²) in [6.45, 7) is 2.97. The molecule has 2 aromatic rings. The van der Waals surface area contributed by atoms with E-state index in [0.29, 0.717) is 5.69 Å². The SMILES string of the molecule is C[C@@H]1NCC[C@]2(C(=NC3CCCCC3)NC(=O)N2c2cccc(F)c2)C1Cc1ccccc1. The van der Waals surface area contributed by atoms with E-state index in [1.807, 2.05) is 17.0 Å². The number of halogens is 1. The van der Waals surface area contributed by atoms with Crippen LogP contribution in [0.25, 0.3) is 0 Å². The number of aliphatic imine (C=N–C) groups is 1. The Morgan fingerprint density at radius 3 is 2.64 bits per heavy atom. The van der Waals surface area contributed by atoms with Gasteiger partial charge in [-0.15, -0.1) is 0 Å². The maximum Gasteiger partial charge on any atom is 0.328 e. The number of amides is 2. The van der Waals surface area contributed by atoms with E-state index in [9.17, 15) is 9.18 Å². The number of carbonyl (C=O) groups is 1. The summed E-state index contributed by atoms with van der Waals surface area (Å²) < 4.78 is 14.3. The summed E-state index contributed by atoms with van der Waals surface area (Å²) in [6.07, 6.45) is 7.28. The van der Waals surface area contributed by atoms with Gasteiger partial charge in [0.25, 0.3) is 0 Å². The number of carbonyl (C=O) groups excluding carboxylic acids is 1. The minimum atomic E-state index is -0.636. The van der Waals surface area contributed by atoms with Gasteiger partial charge in [-0.25, -0.2) is 9.18 Å². The molecule has 0 radical (unpaired) electrons. The first kappa shape index (κ1) is 22.1. The molecule has 0 bridgehead atoms. The fraction of sp³-hybridized carbons (Fsp3) is 0.481. The molecule has 3 fully saturated rings. The minimum absolute atomic E-state index is 0.0817. The van der Waals surface area contributed by atoms with Crippen molar-refractivity contribution in [3.05, 3.63) is 66.0 Å². The van der Waals surface area contributed by atoms with Gasteiger partial charge in [0.05, 0.1) is 6.04 Å². The van der Waals surface area contributed by atoms with Gasteiger partial charge in [0.15, 0.2) is 0 Å². The Hall–Kier alpha value is -2.73. The molecule has 174 valence electrons. The molecule has 1 spiro atoms. The zero-order chi connectivity index (χ0) is 22.8. The third-order valence-electron chi connectivity index (χ3n) is 7.68. The van der Waals surface area contributed by atoms with Crippen LogP contribution in [0.2, 0.25) is 0 Å². The zero-order valence-electron chi connectivity index (χ0n) is 19.3.